The van der Waals surface area contributed by atoms with Crippen LogP contribution in [0.25, 0.3) is 22.0 Å². The fourth-order valence-electron chi connectivity index (χ4n) is 2.76. The van der Waals surface area contributed by atoms with E-state index >= 15 is 0 Å². The van der Waals surface area contributed by atoms with Crippen LogP contribution in [-0.2, 0) is 0 Å². The maximum absolute atomic E-state index is 14.1. The molecule has 0 saturated carbocycles. The van der Waals surface area contributed by atoms with E-state index in [9.17, 15) is 4.39 Å². The molecule has 0 atom stereocenters. The molecule has 6 heteroatoms. The van der Waals surface area contributed by atoms with Crippen molar-refractivity contribution >= 4 is 29.1 Å². The summed E-state index contributed by atoms with van der Waals surface area (Å²) in [7, 11) is 1.91. The van der Waals surface area contributed by atoms with Gasteiger partial charge in [0.2, 0.25) is 5.95 Å². The van der Waals surface area contributed by atoms with Crippen molar-refractivity contribution < 1.29 is 4.39 Å². The molecule has 0 fully saturated rings. The molecule has 26 heavy (non-hydrogen) atoms. The number of hydrogen-bond acceptors (Lipinski definition) is 4. The number of nitrogens with one attached hydrogen (secondary N) is 2. The summed E-state index contributed by atoms with van der Waals surface area (Å²) in [5.41, 5.74) is 2.69. The maximum Gasteiger partial charge on any atom is 0.223 e. The topological polar surface area (TPSA) is 49.8 Å². The van der Waals surface area contributed by atoms with Gasteiger partial charge in [0, 0.05) is 29.7 Å². The molecule has 0 radical (unpaired) electrons. The van der Waals surface area contributed by atoms with Crippen LogP contribution in [0.5, 0.6) is 0 Å². The molecule has 0 unspecified atom stereocenters. The number of benzene rings is 2. The number of rotatable bonds is 6. The molecule has 4 nitrogen and oxygen atoms in total. The van der Waals surface area contributed by atoms with Crippen LogP contribution in [0.15, 0.2) is 42.5 Å². The standard InChI is InChI=1S/C20H23FN4.ClH/c1-13(2)18-12-19(25-20(24-18)23-11-10-22-3)16-8-9-17(21)15-7-5-4-6-14(15)16;/h4-9,12-13,22H,10-11H2,1-3H3,(H,23,24,25);1H. The number of halogens is 2. The van der Waals surface area contributed by atoms with Gasteiger partial charge in [-0.2, -0.15) is 0 Å². The minimum absolute atomic E-state index is 0. The van der Waals surface area contributed by atoms with Crippen molar-refractivity contribution in [1.82, 2.24) is 15.3 Å². The zero-order valence-corrected chi connectivity index (χ0v) is 16.0. The average Bonchev–Trinajstić information content (AvgIpc) is 2.62. The van der Waals surface area contributed by atoms with Gasteiger partial charge < -0.3 is 10.6 Å². The second kappa shape index (κ2) is 8.92. The van der Waals surface area contributed by atoms with Crippen LogP contribution in [-0.4, -0.2) is 30.1 Å². The number of anilines is 1. The maximum atomic E-state index is 14.1. The van der Waals surface area contributed by atoms with E-state index in [1.165, 1.54) is 6.07 Å². The Morgan fingerprint density at radius 2 is 1.73 bits per heavy atom. The van der Waals surface area contributed by atoms with Gasteiger partial charge >= 0.3 is 0 Å². The molecule has 2 aromatic carbocycles. The lowest BCUT2D eigenvalue weighted by atomic mass is 10.00. The molecule has 0 saturated heterocycles. The van der Waals surface area contributed by atoms with Crippen LogP contribution in [0.4, 0.5) is 10.3 Å². The van der Waals surface area contributed by atoms with Crippen LogP contribution in [0.1, 0.15) is 25.5 Å². The van der Waals surface area contributed by atoms with E-state index in [1.807, 2.05) is 31.3 Å². The zero-order chi connectivity index (χ0) is 17.8. The van der Waals surface area contributed by atoms with Crippen molar-refractivity contribution in [2.75, 3.05) is 25.5 Å². The fourth-order valence-corrected chi connectivity index (χ4v) is 2.76. The molecule has 0 aliphatic carbocycles. The molecular formula is C20H24ClFN4. The number of fused-ring (bicyclic) bond motifs is 1. The van der Waals surface area contributed by atoms with Crippen molar-refractivity contribution in [1.29, 1.82) is 0 Å². The van der Waals surface area contributed by atoms with E-state index < -0.39 is 0 Å². The van der Waals surface area contributed by atoms with Crippen LogP contribution in [0, 0.1) is 5.82 Å². The van der Waals surface area contributed by atoms with Crippen LogP contribution in [0.2, 0.25) is 0 Å². The molecular weight excluding hydrogens is 351 g/mol. The van der Waals surface area contributed by atoms with Crippen molar-refractivity contribution in [3.63, 3.8) is 0 Å². The van der Waals surface area contributed by atoms with Gasteiger partial charge in [0.25, 0.3) is 0 Å². The van der Waals surface area contributed by atoms with Gasteiger partial charge in [0.05, 0.1) is 5.69 Å². The normalized spacial score (nSPS) is 10.8. The highest BCUT2D eigenvalue weighted by Gasteiger charge is 2.13. The van der Waals surface area contributed by atoms with Crippen LogP contribution < -0.4 is 10.6 Å². The molecule has 0 aliphatic rings. The van der Waals surface area contributed by atoms with E-state index in [1.54, 1.807) is 12.1 Å². The van der Waals surface area contributed by atoms with Crippen LogP contribution in [0.3, 0.4) is 0 Å². The molecule has 0 spiro atoms. The van der Waals surface area contributed by atoms with Crippen molar-refractivity contribution in [2.45, 2.75) is 19.8 Å². The minimum atomic E-state index is -0.218. The van der Waals surface area contributed by atoms with E-state index in [0.29, 0.717) is 11.3 Å². The van der Waals surface area contributed by atoms with Crippen molar-refractivity contribution in [2.24, 2.45) is 0 Å². The van der Waals surface area contributed by atoms with E-state index in [2.05, 4.69) is 34.4 Å². The molecule has 0 aliphatic heterocycles. The highest BCUT2D eigenvalue weighted by molar-refractivity contribution is 5.96. The van der Waals surface area contributed by atoms with Gasteiger partial charge in [-0.05, 0) is 36.6 Å². The third-order valence-electron chi connectivity index (χ3n) is 4.14. The zero-order valence-electron chi connectivity index (χ0n) is 15.2. The summed E-state index contributed by atoms with van der Waals surface area (Å²) >= 11 is 0. The largest absolute Gasteiger partial charge is 0.353 e. The third kappa shape index (κ3) is 4.29. The first kappa shape index (κ1) is 20.1. The van der Waals surface area contributed by atoms with Gasteiger partial charge in [-0.3, -0.25) is 0 Å². The second-order valence-electron chi connectivity index (χ2n) is 6.33. The van der Waals surface area contributed by atoms with Crippen molar-refractivity contribution in [3.05, 3.63) is 54.0 Å². The first-order chi connectivity index (χ1) is 12.1. The summed E-state index contributed by atoms with van der Waals surface area (Å²) in [5, 5.41) is 7.81. The molecule has 1 aromatic heterocycles. The highest BCUT2D eigenvalue weighted by atomic mass is 35.5. The average molecular weight is 375 g/mol. The van der Waals surface area contributed by atoms with Gasteiger partial charge in [-0.15, -0.1) is 12.4 Å². The quantitative estimate of drug-likeness (QED) is 0.618. The second-order valence-corrected chi connectivity index (χ2v) is 6.33. The number of likely N-dealkylation sites (N-methyl/N-ethyl adjacent to an activating group) is 1. The lowest BCUT2D eigenvalue weighted by Crippen LogP contribution is -2.19. The Balaban J connectivity index is 0.00000243. The predicted octanol–water partition coefficient (Wildman–Crippen LogP) is 4.61. The molecule has 1 heterocycles. The van der Waals surface area contributed by atoms with Crippen molar-refractivity contribution in [3.8, 4) is 11.3 Å². The van der Waals surface area contributed by atoms with Gasteiger partial charge in [0.15, 0.2) is 0 Å². The summed E-state index contributed by atoms with van der Waals surface area (Å²) in [6, 6.07) is 12.8. The Labute approximate surface area is 159 Å². The number of aromatic nitrogens is 2. The molecule has 2 N–H and O–H groups in total. The molecule has 3 aromatic rings. The summed E-state index contributed by atoms with van der Waals surface area (Å²) in [6.07, 6.45) is 0. The van der Waals surface area contributed by atoms with E-state index in [0.717, 1.165) is 35.4 Å². The highest BCUT2D eigenvalue weighted by Crippen LogP contribution is 2.31. The molecule has 3 rings (SSSR count). The number of hydrogen-bond donors (Lipinski definition) is 2. The first-order valence-electron chi connectivity index (χ1n) is 8.55. The Bertz CT molecular complexity index is 883. The minimum Gasteiger partial charge on any atom is -0.353 e. The lowest BCUT2D eigenvalue weighted by Gasteiger charge is -2.13. The molecule has 0 amide bonds. The fraction of sp³-hybridized carbons (Fsp3) is 0.300. The van der Waals surface area contributed by atoms with E-state index in [4.69, 9.17) is 0 Å². The SMILES string of the molecule is CNCCNc1nc(-c2ccc(F)c3ccccc23)cc(C(C)C)n1.Cl. The Kier molecular flexibility index (Phi) is 6.89. The Morgan fingerprint density at radius 1 is 1.00 bits per heavy atom. The monoisotopic (exact) mass is 374 g/mol. The Morgan fingerprint density at radius 3 is 2.42 bits per heavy atom. The van der Waals surface area contributed by atoms with Gasteiger partial charge in [-0.1, -0.05) is 38.1 Å². The summed E-state index contributed by atoms with van der Waals surface area (Å²) in [6.45, 7) is 5.77. The first-order valence-corrected chi connectivity index (χ1v) is 8.55. The van der Waals surface area contributed by atoms with E-state index in [-0.39, 0.29) is 24.1 Å². The molecule has 0 bridgehead atoms. The third-order valence-corrected chi connectivity index (χ3v) is 4.14. The molecule has 138 valence electrons. The smallest absolute Gasteiger partial charge is 0.223 e. The van der Waals surface area contributed by atoms with Gasteiger partial charge in [-0.25, -0.2) is 14.4 Å². The Hall–Kier alpha value is -2.24. The predicted molar refractivity (Wildman–Crippen MR) is 109 cm³/mol. The number of nitrogens with zero attached hydrogens (tertiary/aromatic N) is 2. The lowest BCUT2D eigenvalue weighted by molar-refractivity contribution is 0.640. The summed E-state index contributed by atoms with van der Waals surface area (Å²) in [5.74, 6) is 0.660. The van der Waals surface area contributed by atoms with Gasteiger partial charge in [0.1, 0.15) is 5.82 Å². The summed E-state index contributed by atoms with van der Waals surface area (Å²) in [4.78, 5) is 9.27. The summed E-state index contributed by atoms with van der Waals surface area (Å²) < 4.78 is 14.1. The van der Waals surface area contributed by atoms with Crippen LogP contribution >= 0.6 is 12.4 Å².